The van der Waals surface area contributed by atoms with Gasteiger partial charge in [0.1, 0.15) is 12.4 Å². The number of anilines is 1. The molecular formula is C22H29N3O2. The third-order valence-corrected chi connectivity index (χ3v) is 5.04. The van der Waals surface area contributed by atoms with E-state index in [1.807, 2.05) is 48.5 Å². The van der Waals surface area contributed by atoms with Gasteiger partial charge in [-0.1, -0.05) is 24.3 Å². The largest absolute Gasteiger partial charge is 0.492 e. The number of nitrogens with zero attached hydrogens (tertiary/aromatic N) is 2. The minimum atomic E-state index is 0.0547. The zero-order valence-electron chi connectivity index (χ0n) is 16.3. The fourth-order valence-electron chi connectivity index (χ4n) is 3.20. The van der Waals surface area contributed by atoms with Gasteiger partial charge in [-0.05, 0) is 49.2 Å². The molecule has 2 aromatic rings. The summed E-state index contributed by atoms with van der Waals surface area (Å²) in [5, 5.41) is 3.01. The van der Waals surface area contributed by atoms with Gasteiger partial charge in [0, 0.05) is 38.4 Å². The van der Waals surface area contributed by atoms with E-state index in [0.717, 1.165) is 44.2 Å². The molecule has 27 heavy (non-hydrogen) atoms. The van der Waals surface area contributed by atoms with Crippen molar-refractivity contribution in [2.45, 2.75) is 13.8 Å². The van der Waals surface area contributed by atoms with Crippen LogP contribution < -0.4 is 10.1 Å². The highest BCUT2D eigenvalue weighted by Gasteiger charge is 2.18. The van der Waals surface area contributed by atoms with Gasteiger partial charge in [-0.25, -0.2) is 0 Å². The van der Waals surface area contributed by atoms with Gasteiger partial charge in [-0.2, -0.15) is 0 Å². The van der Waals surface area contributed by atoms with E-state index in [1.165, 1.54) is 11.1 Å². The Kier molecular flexibility index (Phi) is 6.85. The number of aryl methyl sites for hydroxylation is 2. The van der Waals surface area contributed by atoms with Gasteiger partial charge in [0.05, 0.1) is 6.54 Å². The van der Waals surface area contributed by atoms with Crippen LogP contribution >= 0.6 is 0 Å². The minimum absolute atomic E-state index is 0.0547. The van der Waals surface area contributed by atoms with E-state index in [1.54, 1.807) is 0 Å². The zero-order chi connectivity index (χ0) is 19.1. The summed E-state index contributed by atoms with van der Waals surface area (Å²) >= 11 is 0. The molecule has 0 atom stereocenters. The molecule has 1 amide bonds. The fraction of sp³-hybridized carbons (Fsp3) is 0.409. The predicted octanol–water partition coefficient (Wildman–Crippen LogP) is 2.94. The number of carbonyl (C=O) groups excluding carboxylic acids is 1. The number of piperazine rings is 1. The number of amides is 1. The SMILES string of the molecule is Cc1ccc(NC(=O)CN2CCN(CCOc3ccccc3)CC2)cc1C. The zero-order valence-corrected chi connectivity index (χ0v) is 16.3. The molecule has 0 bridgehead atoms. The summed E-state index contributed by atoms with van der Waals surface area (Å²) in [7, 11) is 0. The van der Waals surface area contributed by atoms with Crippen LogP contribution in [0.1, 0.15) is 11.1 Å². The summed E-state index contributed by atoms with van der Waals surface area (Å²) in [6, 6.07) is 15.9. The van der Waals surface area contributed by atoms with Crippen molar-refractivity contribution in [3.05, 3.63) is 59.7 Å². The molecule has 144 valence electrons. The number of hydrogen-bond donors (Lipinski definition) is 1. The quantitative estimate of drug-likeness (QED) is 0.817. The second-order valence-electron chi connectivity index (χ2n) is 7.13. The fourth-order valence-corrected chi connectivity index (χ4v) is 3.20. The molecule has 0 aromatic heterocycles. The Morgan fingerprint density at radius 1 is 0.963 bits per heavy atom. The standard InChI is InChI=1S/C22H29N3O2/c1-18-8-9-20(16-19(18)2)23-22(26)17-25-12-10-24(11-13-25)14-15-27-21-6-4-3-5-7-21/h3-9,16H,10-15,17H2,1-2H3,(H,23,26). The monoisotopic (exact) mass is 367 g/mol. The van der Waals surface area contributed by atoms with E-state index in [0.29, 0.717) is 13.2 Å². The Bertz CT molecular complexity index is 740. The molecule has 5 heteroatoms. The summed E-state index contributed by atoms with van der Waals surface area (Å²) < 4.78 is 5.77. The average Bonchev–Trinajstić information content (AvgIpc) is 2.67. The van der Waals surface area contributed by atoms with Crippen molar-refractivity contribution in [1.82, 2.24) is 9.80 Å². The number of para-hydroxylation sites is 1. The number of hydrogen-bond acceptors (Lipinski definition) is 4. The molecule has 3 rings (SSSR count). The maximum atomic E-state index is 12.3. The summed E-state index contributed by atoms with van der Waals surface area (Å²) in [5.41, 5.74) is 3.30. The van der Waals surface area contributed by atoms with Gasteiger partial charge in [-0.3, -0.25) is 14.6 Å². The molecule has 1 aliphatic rings. The summed E-state index contributed by atoms with van der Waals surface area (Å²) in [6.45, 7) is 9.94. The van der Waals surface area contributed by atoms with E-state index >= 15 is 0 Å². The van der Waals surface area contributed by atoms with Crippen LogP contribution in [0.15, 0.2) is 48.5 Å². The van der Waals surface area contributed by atoms with Crippen LogP contribution in [0.25, 0.3) is 0 Å². The third-order valence-electron chi connectivity index (χ3n) is 5.04. The molecule has 1 aliphatic heterocycles. The molecule has 0 saturated carbocycles. The molecule has 5 nitrogen and oxygen atoms in total. The summed E-state index contributed by atoms with van der Waals surface area (Å²) in [5.74, 6) is 0.971. The number of nitrogens with one attached hydrogen (secondary N) is 1. The molecule has 1 saturated heterocycles. The Morgan fingerprint density at radius 3 is 2.37 bits per heavy atom. The van der Waals surface area contributed by atoms with E-state index < -0.39 is 0 Å². The molecule has 0 unspecified atom stereocenters. The van der Waals surface area contributed by atoms with E-state index in [9.17, 15) is 4.79 Å². The highest BCUT2D eigenvalue weighted by atomic mass is 16.5. The van der Waals surface area contributed by atoms with Crippen molar-refractivity contribution in [2.24, 2.45) is 0 Å². The van der Waals surface area contributed by atoms with Crippen molar-refractivity contribution in [3.8, 4) is 5.75 Å². The van der Waals surface area contributed by atoms with Crippen LogP contribution in [0, 0.1) is 13.8 Å². The topological polar surface area (TPSA) is 44.8 Å². The molecular weight excluding hydrogens is 338 g/mol. The first-order valence-electron chi connectivity index (χ1n) is 9.60. The lowest BCUT2D eigenvalue weighted by atomic mass is 10.1. The van der Waals surface area contributed by atoms with Gasteiger partial charge >= 0.3 is 0 Å². The Labute approximate surface area is 161 Å². The predicted molar refractivity (Wildman–Crippen MR) is 109 cm³/mol. The van der Waals surface area contributed by atoms with Crippen molar-refractivity contribution < 1.29 is 9.53 Å². The Balaban J connectivity index is 1.35. The lowest BCUT2D eigenvalue weighted by Crippen LogP contribution is -2.49. The highest BCUT2D eigenvalue weighted by molar-refractivity contribution is 5.92. The van der Waals surface area contributed by atoms with Gasteiger partial charge in [-0.15, -0.1) is 0 Å². The van der Waals surface area contributed by atoms with E-state index in [-0.39, 0.29) is 5.91 Å². The van der Waals surface area contributed by atoms with Crippen molar-refractivity contribution in [3.63, 3.8) is 0 Å². The van der Waals surface area contributed by atoms with Gasteiger partial charge < -0.3 is 10.1 Å². The normalized spacial score (nSPS) is 15.5. The average molecular weight is 367 g/mol. The van der Waals surface area contributed by atoms with Crippen LogP contribution in [-0.2, 0) is 4.79 Å². The Morgan fingerprint density at radius 2 is 1.67 bits per heavy atom. The van der Waals surface area contributed by atoms with Crippen LogP contribution in [-0.4, -0.2) is 61.6 Å². The first kappa shape index (κ1) is 19.4. The van der Waals surface area contributed by atoms with Gasteiger partial charge in [0.15, 0.2) is 0 Å². The molecule has 0 aliphatic carbocycles. The molecule has 1 N–H and O–H groups in total. The maximum Gasteiger partial charge on any atom is 0.238 e. The van der Waals surface area contributed by atoms with Crippen molar-refractivity contribution >= 4 is 11.6 Å². The van der Waals surface area contributed by atoms with Crippen LogP contribution in [0.4, 0.5) is 5.69 Å². The molecule has 0 spiro atoms. The van der Waals surface area contributed by atoms with Crippen LogP contribution in [0.5, 0.6) is 5.75 Å². The summed E-state index contributed by atoms with van der Waals surface area (Å²) in [4.78, 5) is 16.9. The number of rotatable bonds is 7. The first-order chi connectivity index (χ1) is 13.1. The second kappa shape index (κ2) is 9.53. The third kappa shape index (κ3) is 6.08. The lowest BCUT2D eigenvalue weighted by Gasteiger charge is -2.34. The van der Waals surface area contributed by atoms with Crippen LogP contribution in [0.3, 0.4) is 0 Å². The maximum absolute atomic E-state index is 12.3. The molecule has 1 heterocycles. The first-order valence-corrected chi connectivity index (χ1v) is 9.60. The lowest BCUT2D eigenvalue weighted by molar-refractivity contribution is -0.117. The van der Waals surface area contributed by atoms with Gasteiger partial charge in [0.2, 0.25) is 5.91 Å². The van der Waals surface area contributed by atoms with Crippen LogP contribution in [0.2, 0.25) is 0 Å². The summed E-state index contributed by atoms with van der Waals surface area (Å²) in [6.07, 6.45) is 0. The molecule has 2 aromatic carbocycles. The number of ether oxygens (including phenoxy) is 1. The van der Waals surface area contributed by atoms with Crippen molar-refractivity contribution in [1.29, 1.82) is 0 Å². The highest BCUT2D eigenvalue weighted by Crippen LogP contribution is 2.14. The second-order valence-corrected chi connectivity index (χ2v) is 7.13. The minimum Gasteiger partial charge on any atom is -0.492 e. The molecule has 1 fully saturated rings. The van der Waals surface area contributed by atoms with Gasteiger partial charge in [0.25, 0.3) is 0 Å². The molecule has 0 radical (unpaired) electrons. The Hall–Kier alpha value is -2.37. The number of benzene rings is 2. The van der Waals surface area contributed by atoms with Crippen molar-refractivity contribution in [2.75, 3.05) is 51.2 Å². The van der Waals surface area contributed by atoms with E-state index in [2.05, 4.69) is 29.0 Å². The van der Waals surface area contributed by atoms with E-state index in [4.69, 9.17) is 4.74 Å². The smallest absolute Gasteiger partial charge is 0.238 e. The number of carbonyl (C=O) groups is 1.